The Morgan fingerprint density at radius 1 is 1.58 bits per heavy atom. The van der Waals surface area contributed by atoms with Crippen molar-refractivity contribution in [1.82, 2.24) is 10.2 Å². The van der Waals surface area contributed by atoms with Crippen molar-refractivity contribution in [2.75, 3.05) is 26.3 Å². The van der Waals surface area contributed by atoms with Gasteiger partial charge < -0.3 is 10.1 Å². The summed E-state index contributed by atoms with van der Waals surface area (Å²) in [6.07, 6.45) is 0. The Hall–Kier alpha value is -1.10. The summed E-state index contributed by atoms with van der Waals surface area (Å²) >= 11 is 0. The summed E-state index contributed by atoms with van der Waals surface area (Å²) in [6, 6.07) is -0.320. The number of rotatable bonds is 4. The van der Waals surface area contributed by atoms with Gasteiger partial charge in [0, 0.05) is 6.61 Å². The van der Waals surface area contributed by atoms with Gasteiger partial charge in [-0.05, 0) is 6.92 Å². The second-order valence-corrected chi connectivity index (χ2v) is 2.40. The minimum Gasteiger partial charge on any atom is -0.380 e. The summed E-state index contributed by atoms with van der Waals surface area (Å²) < 4.78 is 5.02. The summed E-state index contributed by atoms with van der Waals surface area (Å²) in [5.74, 6) is -0.181. The first kappa shape index (κ1) is 8.99. The first-order valence-electron chi connectivity index (χ1n) is 3.91. The Labute approximate surface area is 70.7 Å². The molecule has 1 saturated heterocycles. The second-order valence-electron chi connectivity index (χ2n) is 2.40. The van der Waals surface area contributed by atoms with E-state index in [1.165, 1.54) is 0 Å². The monoisotopic (exact) mass is 172 g/mol. The van der Waals surface area contributed by atoms with Gasteiger partial charge in [-0.1, -0.05) is 0 Å². The number of nitrogens with zero attached hydrogens (tertiary/aromatic N) is 1. The molecule has 0 aromatic carbocycles. The van der Waals surface area contributed by atoms with E-state index in [9.17, 15) is 9.59 Å². The molecule has 1 fully saturated rings. The first-order chi connectivity index (χ1) is 5.75. The molecule has 1 rings (SSSR count). The molecular formula is C7H12N2O3. The number of ether oxygens (including phenoxy) is 1. The Morgan fingerprint density at radius 3 is 2.83 bits per heavy atom. The number of carbonyl (C=O) groups is 2. The SMILES string of the molecule is CCOCCN1C(=O)CNC1=O. The summed E-state index contributed by atoms with van der Waals surface area (Å²) in [4.78, 5) is 23.0. The van der Waals surface area contributed by atoms with Crippen molar-refractivity contribution < 1.29 is 14.3 Å². The lowest BCUT2D eigenvalue weighted by atomic mass is 10.5. The first-order valence-corrected chi connectivity index (χ1v) is 3.91. The lowest BCUT2D eigenvalue weighted by Gasteiger charge is -2.11. The maximum Gasteiger partial charge on any atom is 0.324 e. The number of carbonyl (C=O) groups excluding carboxylic acids is 2. The highest BCUT2D eigenvalue weighted by molar-refractivity contribution is 6.01. The maximum absolute atomic E-state index is 11.0. The van der Waals surface area contributed by atoms with Gasteiger partial charge in [0.15, 0.2) is 0 Å². The molecule has 0 aromatic rings. The van der Waals surface area contributed by atoms with Gasteiger partial charge in [-0.15, -0.1) is 0 Å². The number of hydrogen-bond acceptors (Lipinski definition) is 3. The number of amides is 3. The zero-order chi connectivity index (χ0) is 8.97. The summed E-state index contributed by atoms with van der Waals surface area (Å²) in [5, 5.41) is 2.43. The van der Waals surface area contributed by atoms with Crippen LogP contribution in [0.2, 0.25) is 0 Å². The summed E-state index contributed by atoms with van der Waals surface area (Å²) in [5.41, 5.74) is 0. The van der Waals surface area contributed by atoms with Gasteiger partial charge in [0.2, 0.25) is 5.91 Å². The zero-order valence-corrected chi connectivity index (χ0v) is 7.00. The minimum absolute atomic E-state index is 0.116. The van der Waals surface area contributed by atoms with Crippen molar-refractivity contribution in [3.63, 3.8) is 0 Å². The molecule has 0 bridgehead atoms. The number of urea groups is 1. The van der Waals surface area contributed by atoms with Gasteiger partial charge in [-0.3, -0.25) is 9.69 Å². The van der Waals surface area contributed by atoms with Gasteiger partial charge in [-0.25, -0.2) is 4.79 Å². The predicted molar refractivity (Wildman–Crippen MR) is 41.6 cm³/mol. The van der Waals surface area contributed by atoms with Crippen LogP contribution in [0.15, 0.2) is 0 Å². The van der Waals surface area contributed by atoms with Crippen LogP contribution in [0.3, 0.4) is 0 Å². The van der Waals surface area contributed by atoms with Gasteiger partial charge in [-0.2, -0.15) is 0 Å². The highest BCUT2D eigenvalue weighted by atomic mass is 16.5. The highest BCUT2D eigenvalue weighted by Crippen LogP contribution is 1.97. The molecular weight excluding hydrogens is 160 g/mol. The second kappa shape index (κ2) is 4.06. The van der Waals surface area contributed by atoms with Crippen molar-refractivity contribution in [2.24, 2.45) is 0 Å². The third kappa shape index (κ3) is 1.94. The van der Waals surface area contributed by atoms with Crippen LogP contribution in [0, 0.1) is 0 Å². The van der Waals surface area contributed by atoms with E-state index in [-0.39, 0.29) is 18.5 Å². The van der Waals surface area contributed by atoms with Crippen LogP contribution in [-0.2, 0) is 9.53 Å². The molecule has 0 unspecified atom stereocenters. The van der Waals surface area contributed by atoms with E-state index in [2.05, 4.69) is 5.32 Å². The van der Waals surface area contributed by atoms with E-state index in [1.54, 1.807) is 0 Å². The zero-order valence-electron chi connectivity index (χ0n) is 7.00. The van der Waals surface area contributed by atoms with Crippen molar-refractivity contribution >= 4 is 11.9 Å². The molecule has 0 radical (unpaired) electrons. The predicted octanol–water partition coefficient (Wildman–Crippen LogP) is -0.425. The van der Waals surface area contributed by atoms with Crippen molar-refractivity contribution in [1.29, 1.82) is 0 Å². The van der Waals surface area contributed by atoms with Gasteiger partial charge in [0.1, 0.15) is 0 Å². The molecule has 0 atom stereocenters. The third-order valence-electron chi connectivity index (χ3n) is 1.60. The summed E-state index contributed by atoms with van der Waals surface area (Å²) in [6.45, 7) is 3.34. The van der Waals surface area contributed by atoms with Gasteiger partial charge >= 0.3 is 6.03 Å². The molecule has 0 spiro atoms. The Bertz CT molecular complexity index is 177. The van der Waals surface area contributed by atoms with Crippen LogP contribution in [0.1, 0.15) is 6.92 Å². The Morgan fingerprint density at radius 2 is 2.33 bits per heavy atom. The fourth-order valence-corrected chi connectivity index (χ4v) is 0.982. The lowest BCUT2D eigenvalue weighted by Crippen LogP contribution is -2.33. The van der Waals surface area contributed by atoms with Crippen LogP contribution in [-0.4, -0.2) is 43.1 Å². The van der Waals surface area contributed by atoms with Crippen molar-refractivity contribution in [3.8, 4) is 0 Å². The number of imide groups is 1. The number of hydrogen-bond donors (Lipinski definition) is 1. The topological polar surface area (TPSA) is 58.6 Å². The Kier molecular flexibility index (Phi) is 3.04. The minimum atomic E-state index is -0.320. The summed E-state index contributed by atoms with van der Waals surface area (Å²) in [7, 11) is 0. The molecule has 0 aromatic heterocycles. The van der Waals surface area contributed by atoms with Crippen LogP contribution in [0.25, 0.3) is 0 Å². The van der Waals surface area contributed by atoms with E-state index >= 15 is 0 Å². The van der Waals surface area contributed by atoms with Gasteiger partial charge in [0.25, 0.3) is 0 Å². The molecule has 0 saturated carbocycles. The molecule has 5 nitrogen and oxygen atoms in total. The van der Waals surface area contributed by atoms with Crippen LogP contribution >= 0.6 is 0 Å². The normalized spacial score (nSPS) is 16.9. The molecule has 12 heavy (non-hydrogen) atoms. The molecule has 1 aliphatic heterocycles. The quantitative estimate of drug-likeness (QED) is 0.462. The van der Waals surface area contributed by atoms with E-state index in [1.807, 2.05) is 6.92 Å². The standard InChI is InChI=1S/C7H12N2O3/c1-2-12-4-3-9-6(10)5-8-7(9)11/h2-5H2,1H3,(H,8,11). The molecule has 68 valence electrons. The molecule has 5 heteroatoms. The average Bonchev–Trinajstić information content (AvgIpc) is 2.35. The van der Waals surface area contributed by atoms with E-state index < -0.39 is 0 Å². The third-order valence-corrected chi connectivity index (χ3v) is 1.60. The largest absolute Gasteiger partial charge is 0.380 e. The van der Waals surface area contributed by atoms with Crippen molar-refractivity contribution in [2.45, 2.75) is 6.92 Å². The maximum atomic E-state index is 11.0. The lowest BCUT2D eigenvalue weighted by molar-refractivity contribution is -0.125. The molecule has 0 aliphatic carbocycles. The number of nitrogens with one attached hydrogen (secondary N) is 1. The van der Waals surface area contributed by atoms with E-state index in [4.69, 9.17) is 4.74 Å². The van der Waals surface area contributed by atoms with E-state index in [0.717, 1.165) is 4.90 Å². The average molecular weight is 172 g/mol. The molecule has 3 amide bonds. The highest BCUT2D eigenvalue weighted by Gasteiger charge is 2.27. The van der Waals surface area contributed by atoms with Gasteiger partial charge in [0.05, 0.1) is 19.7 Å². The van der Waals surface area contributed by atoms with Crippen LogP contribution in [0.5, 0.6) is 0 Å². The molecule has 1 heterocycles. The van der Waals surface area contributed by atoms with E-state index in [0.29, 0.717) is 19.8 Å². The van der Waals surface area contributed by atoms with Crippen LogP contribution in [0.4, 0.5) is 4.79 Å². The fraction of sp³-hybridized carbons (Fsp3) is 0.714. The Balaban J connectivity index is 2.30. The smallest absolute Gasteiger partial charge is 0.324 e. The van der Waals surface area contributed by atoms with Crippen LogP contribution < -0.4 is 5.32 Å². The fourth-order valence-electron chi connectivity index (χ4n) is 0.982. The molecule has 1 N–H and O–H groups in total. The van der Waals surface area contributed by atoms with Crippen molar-refractivity contribution in [3.05, 3.63) is 0 Å². The molecule has 1 aliphatic rings.